The molecule has 0 aliphatic rings. The summed E-state index contributed by atoms with van der Waals surface area (Å²) in [6.07, 6.45) is -0.903. The molecule has 4 aromatic rings. The number of alkyl halides is 3. The number of carbonyl (C=O) groups is 1. The molecular formula is C28H27F3N4O3. The SMILES string of the molecule is COc1ccccc1CN(Cc1cccc(C(F)(F)F)c1)Cc1nc(C(=O)NCCc2ccccn2)co1. The fourth-order valence-electron chi connectivity index (χ4n) is 3.97. The Bertz CT molecular complexity index is 1340. The van der Waals surface area contributed by atoms with Crippen LogP contribution < -0.4 is 10.1 Å². The lowest BCUT2D eigenvalue weighted by atomic mass is 10.1. The highest BCUT2D eigenvalue weighted by atomic mass is 19.4. The van der Waals surface area contributed by atoms with Crippen LogP contribution in [-0.2, 0) is 32.2 Å². The smallest absolute Gasteiger partial charge is 0.416 e. The Morgan fingerprint density at radius 2 is 1.84 bits per heavy atom. The highest BCUT2D eigenvalue weighted by Crippen LogP contribution is 2.30. The number of amides is 1. The van der Waals surface area contributed by atoms with E-state index in [0.717, 1.165) is 23.4 Å². The highest BCUT2D eigenvalue weighted by molar-refractivity contribution is 5.91. The first-order chi connectivity index (χ1) is 18.3. The Balaban J connectivity index is 1.47. The Morgan fingerprint density at radius 1 is 1.03 bits per heavy atom. The van der Waals surface area contributed by atoms with Crippen molar-refractivity contribution in [1.82, 2.24) is 20.2 Å². The molecule has 0 aliphatic heterocycles. The number of pyridine rings is 1. The zero-order valence-corrected chi connectivity index (χ0v) is 20.7. The van der Waals surface area contributed by atoms with Gasteiger partial charge in [0.1, 0.15) is 12.0 Å². The summed E-state index contributed by atoms with van der Waals surface area (Å²) >= 11 is 0. The molecule has 1 N–H and O–H groups in total. The fraction of sp³-hybridized carbons (Fsp3) is 0.250. The number of hydrogen-bond donors (Lipinski definition) is 1. The molecule has 0 aliphatic carbocycles. The van der Waals surface area contributed by atoms with Crippen molar-refractivity contribution in [3.8, 4) is 5.75 Å². The van der Waals surface area contributed by atoms with Gasteiger partial charge in [0.25, 0.3) is 5.91 Å². The standard InChI is InChI=1S/C28H27F3N4O3/c1-37-25-11-3-2-8-21(25)17-35(16-20-7-6-9-22(15-20)28(29,30)31)18-26-34-24(19-38-26)27(36)33-14-12-23-10-4-5-13-32-23/h2-11,13,15,19H,12,14,16-18H2,1H3,(H,33,36). The number of rotatable bonds is 11. The van der Waals surface area contributed by atoms with Gasteiger partial charge in [-0.2, -0.15) is 13.2 Å². The monoisotopic (exact) mass is 524 g/mol. The lowest BCUT2D eigenvalue weighted by Gasteiger charge is -2.22. The van der Waals surface area contributed by atoms with E-state index < -0.39 is 11.7 Å². The molecule has 2 aromatic heterocycles. The van der Waals surface area contributed by atoms with Gasteiger partial charge in [0, 0.05) is 43.5 Å². The Labute approximate surface area is 218 Å². The maximum atomic E-state index is 13.3. The number of hydrogen-bond acceptors (Lipinski definition) is 6. The number of nitrogens with zero attached hydrogens (tertiary/aromatic N) is 3. The molecule has 2 heterocycles. The molecule has 10 heteroatoms. The van der Waals surface area contributed by atoms with Gasteiger partial charge in [-0.1, -0.05) is 42.5 Å². The van der Waals surface area contributed by atoms with E-state index in [-0.39, 0.29) is 30.6 Å². The number of benzene rings is 2. The minimum absolute atomic E-state index is 0.123. The summed E-state index contributed by atoms with van der Waals surface area (Å²) in [6, 6.07) is 18.2. The van der Waals surface area contributed by atoms with Gasteiger partial charge in [-0.05, 0) is 29.8 Å². The second-order valence-electron chi connectivity index (χ2n) is 8.61. The van der Waals surface area contributed by atoms with E-state index in [4.69, 9.17) is 9.15 Å². The number of nitrogens with one attached hydrogen (secondary N) is 1. The molecule has 0 spiro atoms. The molecule has 0 atom stereocenters. The zero-order valence-electron chi connectivity index (χ0n) is 20.7. The summed E-state index contributed by atoms with van der Waals surface area (Å²) in [5.74, 6) is 0.536. The van der Waals surface area contributed by atoms with Crippen LogP contribution in [0.5, 0.6) is 5.75 Å². The van der Waals surface area contributed by atoms with Gasteiger partial charge < -0.3 is 14.5 Å². The molecule has 2 aromatic carbocycles. The van der Waals surface area contributed by atoms with E-state index >= 15 is 0 Å². The van der Waals surface area contributed by atoms with Crippen LogP contribution in [0.1, 0.15) is 38.8 Å². The molecule has 0 radical (unpaired) electrons. The summed E-state index contributed by atoms with van der Waals surface area (Å²) in [6.45, 7) is 1.09. The lowest BCUT2D eigenvalue weighted by Crippen LogP contribution is -2.26. The van der Waals surface area contributed by atoms with Gasteiger partial charge in [-0.15, -0.1) is 0 Å². The Morgan fingerprint density at radius 3 is 2.61 bits per heavy atom. The molecule has 0 fully saturated rings. The van der Waals surface area contributed by atoms with Crippen LogP contribution in [0.2, 0.25) is 0 Å². The molecule has 7 nitrogen and oxygen atoms in total. The van der Waals surface area contributed by atoms with Gasteiger partial charge in [0.2, 0.25) is 5.89 Å². The van der Waals surface area contributed by atoms with Crippen molar-refractivity contribution in [2.45, 2.75) is 32.2 Å². The molecule has 198 valence electrons. The third-order valence-electron chi connectivity index (χ3n) is 5.78. The highest BCUT2D eigenvalue weighted by Gasteiger charge is 2.30. The molecule has 0 saturated carbocycles. The number of aromatic nitrogens is 2. The molecule has 4 rings (SSSR count). The van der Waals surface area contributed by atoms with Crippen LogP contribution in [0.3, 0.4) is 0 Å². The molecule has 0 unspecified atom stereocenters. The topological polar surface area (TPSA) is 80.5 Å². The number of para-hydroxylation sites is 1. The van der Waals surface area contributed by atoms with Gasteiger partial charge >= 0.3 is 6.18 Å². The number of carbonyl (C=O) groups excluding carboxylic acids is 1. The minimum Gasteiger partial charge on any atom is -0.496 e. The van der Waals surface area contributed by atoms with E-state index in [1.165, 1.54) is 12.3 Å². The van der Waals surface area contributed by atoms with E-state index in [1.54, 1.807) is 19.4 Å². The largest absolute Gasteiger partial charge is 0.496 e. The predicted octanol–water partition coefficient (Wildman–Crippen LogP) is 5.27. The van der Waals surface area contributed by atoms with E-state index in [1.807, 2.05) is 47.4 Å². The summed E-state index contributed by atoms with van der Waals surface area (Å²) in [4.78, 5) is 23.0. The van der Waals surface area contributed by atoms with Gasteiger partial charge in [-0.3, -0.25) is 14.7 Å². The second kappa shape index (κ2) is 12.4. The van der Waals surface area contributed by atoms with Crippen LogP contribution in [0, 0.1) is 0 Å². The number of halogens is 3. The summed E-state index contributed by atoms with van der Waals surface area (Å²) in [5.41, 5.74) is 1.59. The quantitative estimate of drug-likeness (QED) is 0.288. The zero-order chi connectivity index (χ0) is 27.0. The van der Waals surface area contributed by atoms with E-state index in [0.29, 0.717) is 30.8 Å². The Hall–Kier alpha value is -4.18. The number of oxazole rings is 1. The summed E-state index contributed by atoms with van der Waals surface area (Å²) < 4.78 is 50.8. The van der Waals surface area contributed by atoms with Crippen molar-refractivity contribution in [2.75, 3.05) is 13.7 Å². The first-order valence-corrected chi connectivity index (χ1v) is 11.9. The fourth-order valence-corrected chi connectivity index (χ4v) is 3.97. The first kappa shape index (κ1) is 26.9. The third kappa shape index (κ3) is 7.42. The number of methoxy groups -OCH3 is 1. The third-order valence-corrected chi connectivity index (χ3v) is 5.78. The van der Waals surface area contributed by atoms with E-state index in [9.17, 15) is 18.0 Å². The number of ether oxygens (including phenoxy) is 1. The normalized spacial score (nSPS) is 11.5. The lowest BCUT2D eigenvalue weighted by molar-refractivity contribution is -0.137. The predicted molar refractivity (Wildman–Crippen MR) is 134 cm³/mol. The molecular weight excluding hydrogens is 497 g/mol. The maximum absolute atomic E-state index is 13.3. The molecule has 0 saturated heterocycles. The average Bonchev–Trinajstić information content (AvgIpc) is 3.38. The first-order valence-electron chi connectivity index (χ1n) is 11.9. The van der Waals surface area contributed by atoms with Crippen LogP contribution in [0.15, 0.2) is 83.6 Å². The van der Waals surface area contributed by atoms with Crippen molar-refractivity contribution in [1.29, 1.82) is 0 Å². The average molecular weight is 525 g/mol. The summed E-state index contributed by atoms with van der Waals surface area (Å²) in [7, 11) is 1.56. The van der Waals surface area contributed by atoms with E-state index in [2.05, 4.69) is 15.3 Å². The van der Waals surface area contributed by atoms with Gasteiger partial charge in [-0.25, -0.2) is 4.98 Å². The van der Waals surface area contributed by atoms with Crippen molar-refractivity contribution in [3.63, 3.8) is 0 Å². The van der Waals surface area contributed by atoms with Crippen LogP contribution in [-0.4, -0.2) is 34.4 Å². The maximum Gasteiger partial charge on any atom is 0.416 e. The van der Waals surface area contributed by atoms with Gasteiger partial charge in [0.15, 0.2) is 5.69 Å². The van der Waals surface area contributed by atoms with Crippen molar-refractivity contribution in [3.05, 3.63) is 113 Å². The Kier molecular flexibility index (Phi) is 8.75. The van der Waals surface area contributed by atoms with Crippen LogP contribution in [0.4, 0.5) is 13.2 Å². The van der Waals surface area contributed by atoms with Crippen LogP contribution >= 0.6 is 0 Å². The minimum atomic E-state index is -4.44. The molecule has 1 amide bonds. The van der Waals surface area contributed by atoms with Crippen LogP contribution in [0.25, 0.3) is 0 Å². The molecule has 0 bridgehead atoms. The van der Waals surface area contributed by atoms with Crippen molar-refractivity contribution in [2.24, 2.45) is 0 Å². The second-order valence-corrected chi connectivity index (χ2v) is 8.61. The molecule has 38 heavy (non-hydrogen) atoms. The van der Waals surface area contributed by atoms with Gasteiger partial charge in [0.05, 0.1) is 19.2 Å². The summed E-state index contributed by atoms with van der Waals surface area (Å²) in [5, 5.41) is 2.79. The van der Waals surface area contributed by atoms with Crippen molar-refractivity contribution < 1.29 is 27.1 Å². The van der Waals surface area contributed by atoms with Crippen molar-refractivity contribution >= 4 is 5.91 Å².